The highest BCUT2D eigenvalue weighted by Gasteiger charge is 2.19. The van der Waals surface area contributed by atoms with Gasteiger partial charge in [-0.3, -0.25) is 4.90 Å². The Kier molecular flexibility index (Phi) is 5.06. The Morgan fingerprint density at radius 1 is 1.69 bits per heavy atom. The first-order chi connectivity index (χ1) is 6.26. The maximum absolute atomic E-state index is 5.80. The first-order valence-corrected chi connectivity index (χ1v) is 5.06. The summed E-state index contributed by atoms with van der Waals surface area (Å²) >= 11 is 11.3. The van der Waals surface area contributed by atoms with E-state index in [1.54, 1.807) is 0 Å². The summed E-state index contributed by atoms with van der Waals surface area (Å²) in [6.45, 7) is 3.67. The molecule has 0 spiro atoms. The molecule has 0 radical (unpaired) electrons. The summed E-state index contributed by atoms with van der Waals surface area (Å²) in [4.78, 5) is 2.18. The van der Waals surface area contributed by atoms with Crippen LogP contribution in [0.4, 0.5) is 0 Å². The lowest BCUT2D eigenvalue weighted by molar-refractivity contribution is -0.0193. The van der Waals surface area contributed by atoms with Crippen LogP contribution in [0.25, 0.3) is 0 Å². The molecule has 1 atom stereocenters. The highest BCUT2D eigenvalue weighted by Crippen LogP contribution is 2.10. The summed E-state index contributed by atoms with van der Waals surface area (Å²) < 4.78 is 5.41. The Labute approximate surface area is 88.4 Å². The second kappa shape index (κ2) is 5.83. The van der Waals surface area contributed by atoms with Gasteiger partial charge in [0.2, 0.25) is 0 Å². The van der Waals surface area contributed by atoms with E-state index in [2.05, 4.69) is 4.90 Å². The highest BCUT2D eigenvalue weighted by molar-refractivity contribution is 6.36. The predicted molar refractivity (Wildman–Crippen MR) is 55.0 cm³/mol. The fraction of sp³-hybridized carbons (Fsp3) is 0.750. The third-order valence-corrected chi connectivity index (χ3v) is 2.58. The van der Waals surface area contributed by atoms with Crippen LogP contribution >= 0.6 is 23.2 Å². The second-order valence-corrected chi connectivity index (χ2v) is 3.72. The molecule has 13 heavy (non-hydrogen) atoms. The van der Waals surface area contributed by atoms with E-state index in [9.17, 15) is 0 Å². The van der Waals surface area contributed by atoms with Crippen molar-refractivity contribution in [3.8, 4) is 0 Å². The second-order valence-electron chi connectivity index (χ2n) is 3.02. The third-order valence-electron chi connectivity index (χ3n) is 1.98. The van der Waals surface area contributed by atoms with Crippen molar-refractivity contribution in [2.24, 2.45) is 5.73 Å². The minimum atomic E-state index is 0.133. The van der Waals surface area contributed by atoms with Gasteiger partial charge in [0, 0.05) is 36.7 Å². The molecule has 0 aromatic rings. The molecule has 0 aromatic carbocycles. The molecular formula is C8H14Cl2N2O. The van der Waals surface area contributed by atoms with Gasteiger partial charge in [-0.15, -0.1) is 0 Å². The van der Waals surface area contributed by atoms with E-state index in [0.29, 0.717) is 24.7 Å². The molecule has 1 heterocycles. The normalized spacial score (nSPS) is 26.4. The lowest BCUT2D eigenvalue weighted by Gasteiger charge is -2.31. The third kappa shape index (κ3) is 3.83. The summed E-state index contributed by atoms with van der Waals surface area (Å²) in [6.07, 6.45) is 0.133. The van der Waals surface area contributed by atoms with Crippen molar-refractivity contribution < 1.29 is 4.74 Å². The monoisotopic (exact) mass is 224 g/mol. The Morgan fingerprint density at radius 2 is 2.46 bits per heavy atom. The maximum Gasteiger partial charge on any atom is 0.0824 e. The predicted octanol–water partition coefficient (Wildman–Crippen LogP) is 0.965. The molecule has 0 aromatic heterocycles. The zero-order valence-electron chi connectivity index (χ0n) is 7.38. The Hall–Kier alpha value is 0.200. The van der Waals surface area contributed by atoms with Crippen LogP contribution in [0.3, 0.4) is 0 Å². The summed E-state index contributed by atoms with van der Waals surface area (Å²) in [5, 5.41) is 0.652. The minimum Gasteiger partial charge on any atom is -0.374 e. The average Bonchev–Trinajstić information content (AvgIpc) is 2.18. The molecule has 5 heteroatoms. The SMILES string of the molecule is NCC1CN(CC(Cl)=CCl)CCO1. The maximum atomic E-state index is 5.80. The highest BCUT2D eigenvalue weighted by atomic mass is 35.5. The van der Waals surface area contributed by atoms with E-state index in [-0.39, 0.29) is 6.10 Å². The van der Waals surface area contributed by atoms with Crippen LogP contribution in [0.5, 0.6) is 0 Å². The van der Waals surface area contributed by atoms with Gasteiger partial charge in [0.25, 0.3) is 0 Å². The van der Waals surface area contributed by atoms with Gasteiger partial charge in [0.1, 0.15) is 0 Å². The molecule has 3 nitrogen and oxygen atoms in total. The first kappa shape index (κ1) is 11.3. The van der Waals surface area contributed by atoms with E-state index >= 15 is 0 Å². The fourth-order valence-corrected chi connectivity index (χ4v) is 1.55. The fourth-order valence-electron chi connectivity index (χ4n) is 1.31. The number of rotatable bonds is 3. The molecule has 1 saturated heterocycles. The van der Waals surface area contributed by atoms with Gasteiger partial charge in [-0.25, -0.2) is 0 Å². The molecule has 2 N–H and O–H groups in total. The summed E-state index contributed by atoms with van der Waals surface area (Å²) in [6, 6.07) is 0. The molecule has 1 rings (SSSR count). The zero-order valence-corrected chi connectivity index (χ0v) is 8.89. The molecule has 0 amide bonds. The van der Waals surface area contributed by atoms with Crippen molar-refractivity contribution in [3.63, 3.8) is 0 Å². The van der Waals surface area contributed by atoms with Gasteiger partial charge in [0.15, 0.2) is 0 Å². The van der Waals surface area contributed by atoms with Gasteiger partial charge in [-0.2, -0.15) is 0 Å². The first-order valence-electron chi connectivity index (χ1n) is 4.25. The summed E-state index contributed by atoms with van der Waals surface area (Å²) in [5.74, 6) is 0. The molecule has 1 fully saturated rings. The van der Waals surface area contributed by atoms with Crippen molar-refractivity contribution in [1.82, 2.24) is 4.90 Å². The van der Waals surface area contributed by atoms with Crippen LogP contribution in [-0.4, -0.2) is 43.8 Å². The van der Waals surface area contributed by atoms with Crippen LogP contribution < -0.4 is 5.73 Å². The smallest absolute Gasteiger partial charge is 0.0824 e. The lowest BCUT2D eigenvalue weighted by Crippen LogP contribution is -2.45. The molecule has 1 aliphatic heterocycles. The number of ether oxygens (including phenoxy) is 1. The zero-order chi connectivity index (χ0) is 9.68. The molecule has 1 aliphatic rings. The van der Waals surface area contributed by atoms with Crippen molar-refractivity contribution >= 4 is 23.2 Å². The largest absolute Gasteiger partial charge is 0.374 e. The van der Waals surface area contributed by atoms with Crippen LogP contribution in [0.15, 0.2) is 10.6 Å². The number of nitrogens with two attached hydrogens (primary N) is 1. The molecule has 0 aliphatic carbocycles. The van der Waals surface area contributed by atoms with E-state index < -0.39 is 0 Å². The van der Waals surface area contributed by atoms with Crippen molar-refractivity contribution in [3.05, 3.63) is 10.6 Å². The van der Waals surface area contributed by atoms with Crippen molar-refractivity contribution in [2.45, 2.75) is 6.10 Å². The Morgan fingerprint density at radius 3 is 3.08 bits per heavy atom. The number of halogens is 2. The van der Waals surface area contributed by atoms with Gasteiger partial charge in [0.05, 0.1) is 12.7 Å². The summed E-state index contributed by atoms with van der Waals surface area (Å²) in [5.41, 5.74) is 6.90. The number of morpholine rings is 1. The van der Waals surface area contributed by atoms with Crippen molar-refractivity contribution in [1.29, 1.82) is 0 Å². The summed E-state index contributed by atoms with van der Waals surface area (Å²) in [7, 11) is 0. The molecular weight excluding hydrogens is 211 g/mol. The van der Waals surface area contributed by atoms with Gasteiger partial charge < -0.3 is 10.5 Å². The molecule has 0 saturated carbocycles. The standard InChI is InChI=1S/C8H14Cl2N2O/c9-3-7(10)5-12-1-2-13-8(4-11)6-12/h3,8H,1-2,4-6,11H2. The van der Waals surface area contributed by atoms with Crippen LogP contribution in [0.1, 0.15) is 0 Å². The topological polar surface area (TPSA) is 38.5 Å². The average molecular weight is 225 g/mol. The van der Waals surface area contributed by atoms with E-state index in [1.807, 2.05) is 0 Å². The molecule has 0 bridgehead atoms. The molecule has 1 unspecified atom stereocenters. The number of hydrogen-bond donors (Lipinski definition) is 1. The molecule has 76 valence electrons. The number of hydrogen-bond acceptors (Lipinski definition) is 3. The van der Waals surface area contributed by atoms with Crippen molar-refractivity contribution in [2.75, 3.05) is 32.8 Å². The Balaban J connectivity index is 2.34. The minimum absolute atomic E-state index is 0.133. The Bertz CT molecular complexity index is 187. The van der Waals surface area contributed by atoms with E-state index in [4.69, 9.17) is 33.7 Å². The van der Waals surface area contributed by atoms with Crippen LogP contribution in [0.2, 0.25) is 0 Å². The van der Waals surface area contributed by atoms with E-state index in [0.717, 1.165) is 13.1 Å². The van der Waals surface area contributed by atoms with E-state index in [1.165, 1.54) is 5.54 Å². The van der Waals surface area contributed by atoms with Crippen LogP contribution in [0, 0.1) is 0 Å². The quantitative estimate of drug-likeness (QED) is 0.777. The number of nitrogens with zero attached hydrogens (tertiary/aromatic N) is 1. The lowest BCUT2D eigenvalue weighted by atomic mass is 10.2. The van der Waals surface area contributed by atoms with Gasteiger partial charge >= 0.3 is 0 Å². The van der Waals surface area contributed by atoms with Crippen LogP contribution in [-0.2, 0) is 4.74 Å². The van der Waals surface area contributed by atoms with Gasteiger partial charge in [-0.1, -0.05) is 23.2 Å². The van der Waals surface area contributed by atoms with Gasteiger partial charge in [-0.05, 0) is 0 Å².